The van der Waals surface area contributed by atoms with Gasteiger partial charge in [-0.15, -0.1) is 22.7 Å². The number of rotatable bonds is 9. The number of benzene rings is 18. The zero-order valence-electron chi connectivity index (χ0n) is 56.8. The molecule has 106 heavy (non-hydrogen) atoms. The van der Waals surface area contributed by atoms with Gasteiger partial charge in [0, 0.05) is 73.7 Å². The molecule has 0 aliphatic heterocycles. The summed E-state index contributed by atoms with van der Waals surface area (Å²) in [5, 5.41) is 24.1. The zero-order chi connectivity index (χ0) is 69.5. The van der Waals surface area contributed by atoms with Crippen LogP contribution in [-0.4, -0.2) is 29.9 Å². The minimum Gasteiger partial charge on any atom is -0.208 e. The van der Waals surface area contributed by atoms with Crippen LogP contribution in [0.4, 0.5) is 0 Å². The van der Waals surface area contributed by atoms with Crippen LogP contribution in [0, 0.1) is 0 Å². The van der Waals surface area contributed by atoms with E-state index in [1.165, 1.54) is 106 Å². The molecule has 0 saturated heterocycles. The van der Waals surface area contributed by atoms with Crippen LogP contribution in [0.2, 0.25) is 0 Å². The van der Waals surface area contributed by atoms with Crippen molar-refractivity contribution in [3.05, 3.63) is 340 Å². The first kappa shape index (κ1) is 60.1. The van der Waals surface area contributed by atoms with Gasteiger partial charge in [-0.1, -0.05) is 303 Å². The Bertz CT molecular complexity index is 7380. The number of hydrogen-bond donors (Lipinski definition) is 0. The smallest absolute Gasteiger partial charge is 0.165 e. The third-order valence-electron chi connectivity index (χ3n) is 21.6. The van der Waals surface area contributed by atoms with E-state index in [1.807, 2.05) is 72.0 Å². The molecule has 0 atom stereocenters. The van der Waals surface area contributed by atoms with Crippen molar-refractivity contribution in [1.82, 2.24) is 29.9 Å². The number of thiophene rings is 2. The third-order valence-corrected chi connectivity index (χ3v) is 23.8. The van der Waals surface area contributed by atoms with Crippen molar-refractivity contribution in [3.63, 3.8) is 0 Å². The molecule has 18 aromatic carbocycles. The van der Waals surface area contributed by atoms with E-state index in [0.29, 0.717) is 34.9 Å². The summed E-state index contributed by atoms with van der Waals surface area (Å²) in [6.45, 7) is 0. The Morgan fingerprint density at radius 2 is 0.509 bits per heavy atom. The van der Waals surface area contributed by atoms with E-state index >= 15 is 0 Å². The lowest BCUT2D eigenvalue weighted by molar-refractivity contribution is 1.07. The molecule has 8 heteroatoms. The monoisotopic (exact) mass is 1380 g/mol. The molecule has 4 aromatic heterocycles. The summed E-state index contributed by atoms with van der Waals surface area (Å²) < 4.78 is 4.77. The molecular formula is C98H56N6S2. The van der Waals surface area contributed by atoms with Gasteiger partial charge in [-0.25, -0.2) is 29.9 Å². The molecule has 0 saturated carbocycles. The summed E-state index contributed by atoms with van der Waals surface area (Å²) in [7, 11) is 0. The van der Waals surface area contributed by atoms with E-state index in [1.54, 1.807) is 11.3 Å². The van der Waals surface area contributed by atoms with E-state index in [9.17, 15) is 0 Å². The SMILES string of the molecule is c1ccc(-c2nc(-c3ccccc3)nc(-c3ccc(-c4ccc5c(c4)c4ccccc4c4ccc6c(-c7ccc8sc9ccccc9c8c7-c7nc(-c8ccc(-c9cc%10c%11ccccc%11c%11ccccc%11c%10c%10ccccc9%10)cc8)nc(-c8cccc9sc%10ccccc%10c89)n7)cccc6c45)cc3)n2)cc1. The Hall–Kier alpha value is -13.5. The molecule has 4 heterocycles. The Kier molecular flexibility index (Phi) is 13.6. The summed E-state index contributed by atoms with van der Waals surface area (Å²) >= 11 is 3.61. The summed E-state index contributed by atoms with van der Waals surface area (Å²) in [6.07, 6.45) is 0. The normalized spacial score (nSPS) is 12.0. The maximum absolute atomic E-state index is 5.80. The van der Waals surface area contributed by atoms with Crippen LogP contribution >= 0.6 is 22.7 Å². The molecule has 0 amide bonds. The standard InChI is InChI=1S/C98H56N6S2/c1-3-21-59(22-4-1)93-99-94(60-23-5-2-6-24-60)101-95(100-93)61-45-41-57(42-46-61)63-49-50-77-82(55-63)68-28-9-8-27-66(68)75-52-51-71-67(35-19-36-74(71)88(75)77)76-53-54-87-91(79-34-16-18-39-85(79)106-87)92(76)98-103-96(102-97(104-98)80-37-20-40-86-90(80)78-33-15-17-38-84(78)105-86)62-47-43-58(44-48-62)81-56-83-69-29-10-7-25-64(69)65-26-11-13-31-72(65)89(83)73-32-14-12-30-70(73)81/h1-56H. The van der Waals surface area contributed by atoms with Crippen LogP contribution in [-0.2, 0) is 0 Å². The fraction of sp³-hybridized carbons (Fsp3) is 0. The summed E-state index contributed by atoms with van der Waals surface area (Å²) in [4.78, 5) is 32.2. The maximum Gasteiger partial charge on any atom is 0.165 e. The van der Waals surface area contributed by atoms with Gasteiger partial charge in [0.15, 0.2) is 34.9 Å². The van der Waals surface area contributed by atoms with Crippen molar-refractivity contribution in [2.75, 3.05) is 0 Å². The van der Waals surface area contributed by atoms with Gasteiger partial charge in [-0.3, -0.25) is 0 Å². The van der Waals surface area contributed by atoms with E-state index in [4.69, 9.17) is 29.9 Å². The predicted molar refractivity (Wildman–Crippen MR) is 448 cm³/mol. The number of fused-ring (bicyclic) bond motifs is 22. The molecule has 6 nitrogen and oxygen atoms in total. The van der Waals surface area contributed by atoms with E-state index in [2.05, 4.69) is 279 Å². The van der Waals surface area contributed by atoms with Crippen molar-refractivity contribution in [1.29, 1.82) is 0 Å². The highest BCUT2D eigenvalue weighted by molar-refractivity contribution is 7.26. The van der Waals surface area contributed by atoms with Crippen LogP contribution in [0.3, 0.4) is 0 Å². The first-order chi connectivity index (χ1) is 52.5. The Morgan fingerprint density at radius 3 is 1.13 bits per heavy atom. The number of nitrogens with zero attached hydrogens (tertiary/aromatic N) is 6. The lowest BCUT2D eigenvalue weighted by Gasteiger charge is -2.18. The summed E-state index contributed by atoms with van der Waals surface area (Å²) in [5.74, 6) is 3.72. The highest BCUT2D eigenvalue weighted by atomic mass is 32.1. The fourth-order valence-corrected chi connectivity index (χ4v) is 19.0. The average Bonchev–Trinajstić information content (AvgIpc) is 0.880. The third kappa shape index (κ3) is 9.55. The summed E-state index contributed by atoms with van der Waals surface area (Å²) in [6, 6.07) is 123. The van der Waals surface area contributed by atoms with Gasteiger partial charge in [0.1, 0.15) is 0 Å². The topological polar surface area (TPSA) is 77.3 Å². The molecule has 0 aliphatic rings. The molecule has 0 fully saturated rings. The average molecular weight is 1380 g/mol. The van der Waals surface area contributed by atoms with Crippen LogP contribution in [0.15, 0.2) is 340 Å². The van der Waals surface area contributed by atoms with E-state index < -0.39 is 0 Å². The highest BCUT2D eigenvalue weighted by Gasteiger charge is 2.26. The van der Waals surface area contributed by atoms with Crippen LogP contribution in [0.1, 0.15) is 0 Å². The molecule has 0 aliphatic carbocycles. The molecule has 0 unspecified atom stereocenters. The predicted octanol–water partition coefficient (Wildman–Crippen LogP) is 27.0. The molecule has 22 rings (SSSR count). The molecule has 0 spiro atoms. The van der Waals surface area contributed by atoms with Crippen molar-refractivity contribution in [2.45, 2.75) is 0 Å². The second-order valence-electron chi connectivity index (χ2n) is 27.4. The maximum atomic E-state index is 5.80. The van der Waals surface area contributed by atoms with Gasteiger partial charge in [0.2, 0.25) is 0 Å². The summed E-state index contributed by atoms with van der Waals surface area (Å²) in [5.41, 5.74) is 12.3. The minimum absolute atomic E-state index is 0.599. The quantitative estimate of drug-likeness (QED) is 0.134. The lowest BCUT2D eigenvalue weighted by Crippen LogP contribution is -2.02. The van der Waals surface area contributed by atoms with Crippen molar-refractivity contribution >= 4 is 149 Å². The van der Waals surface area contributed by atoms with Gasteiger partial charge in [0.25, 0.3) is 0 Å². The second-order valence-corrected chi connectivity index (χ2v) is 29.6. The van der Waals surface area contributed by atoms with Gasteiger partial charge >= 0.3 is 0 Å². The van der Waals surface area contributed by atoms with Gasteiger partial charge in [-0.05, 0) is 156 Å². The molecular weight excluding hydrogens is 1330 g/mol. The minimum atomic E-state index is 0.599. The van der Waals surface area contributed by atoms with Crippen LogP contribution in [0.5, 0.6) is 0 Å². The van der Waals surface area contributed by atoms with Gasteiger partial charge < -0.3 is 0 Å². The number of aromatic nitrogens is 6. The largest absolute Gasteiger partial charge is 0.208 e. The van der Waals surface area contributed by atoms with Crippen molar-refractivity contribution in [3.8, 4) is 102 Å². The fourth-order valence-electron chi connectivity index (χ4n) is 16.8. The molecule has 22 aromatic rings. The van der Waals surface area contributed by atoms with E-state index in [-0.39, 0.29) is 0 Å². The highest BCUT2D eigenvalue weighted by Crippen LogP contribution is 2.50. The van der Waals surface area contributed by atoms with Crippen LogP contribution < -0.4 is 0 Å². The Balaban J connectivity index is 0.722. The Morgan fingerprint density at radius 1 is 0.151 bits per heavy atom. The first-order valence-electron chi connectivity index (χ1n) is 35.8. The lowest BCUT2D eigenvalue weighted by atomic mass is 9.86. The van der Waals surface area contributed by atoms with Gasteiger partial charge in [0.05, 0.1) is 0 Å². The Labute approximate surface area is 616 Å². The number of hydrogen-bond acceptors (Lipinski definition) is 8. The molecule has 490 valence electrons. The van der Waals surface area contributed by atoms with Crippen molar-refractivity contribution in [2.24, 2.45) is 0 Å². The molecule has 0 bridgehead atoms. The molecule has 0 N–H and O–H groups in total. The van der Waals surface area contributed by atoms with E-state index in [0.717, 1.165) is 87.4 Å². The second kappa shape index (κ2) is 24.1. The van der Waals surface area contributed by atoms with Gasteiger partial charge in [-0.2, -0.15) is 0 Å². The van der Waals surface area contributed by atoms with Crippen molar-refractivity contribution < 1.29 is 0 Å². The molecule has 0 radical (unpaired) electrons. The first-order valence-corrected chi connectivity index (χ1v) is 37.4. The zero-order valence-corrected chi connectivity index (χ0v) is 58.5. The van der Waals surface area contributed by atoms with Crippen LogP contribution in [0.25, 0.3) is 228 Å².